The number of piperidine rings is 1. The molecule has 2 N–H and O–H groups in total. The molecule has 3 aliphatic rings. The van der Waals surface area contributed by atoms with Crippen molar-refractivity contribution in [2.75, 3.05) is 45.9 Å². The lowest BCUT2D eigenvalue weighted by Crippen LogP contribution is -2.50. The number of nitrogens with zero attached hydrogens (tertiary/aromatic N) is 2. The Bertz CT molecular complexity index is 1360. The van der Waals surface area contributed by atoms with Crippen LogP contribution >= 0.6 is 11.6 Å². The summed E-state index contributed by atoms with van der Waals surface area (Å²) in [6.45, 7) is 7.40. The predicted molar refractivity (Wildman–Crippen MR) is 173 cm³/mol. The number of carbonyl (C=O) groups is 1. The second-order valence-corrected chi connectivity index (χ2v) is 12.5. The lowest BCUT2D eigenvalue weighted by molar-refractivity contribution is -0.123. The first kappa shape index (κ1) is 30.0. The van der Waals surface area contributed by atoms with Crippen LogP contribution in [0.2, 0.25) is 5.02 Å². The SMILES string of the molecule is O=C(N[C@H](C=C1CCN(C(CN2CCOCC2)c2ccccc2)CC1)Cc1ccc(Cl)cc1)[C@H]1Cc2ccccc2CN1. The zero-order valence-corrected chi connectivity index (χ0v) is 25.6. The average molecular weight is 599 g/mol. The lowest BCUT2D eigenvalue weighted by atomic mass is 9.94. The Balaban J connectivity index is 1.14. The van der Waals surface area contributed by atoms with Crippen LogP contribution in [0.4, 0.5) is 0 Å². The first-order chi connectivity index (χ1) is 21.1. The molecule has 0 saturated carbocycles. The van der Waals surface area contributed by atoms with E-state index in [1.165, 1.54) is 27.8 Å². The summed E-state index contributed by atoms with van der Waals surface area (Å²) in [5.74, 6) is 0.0670. The highest BCUT2D eigenvalue weighted by Crippen LogP contribution is 2.28. The van der Waals surface area contributed by atoms with Crippen LogP contribution in [-0.4, -0.2) is 73.7 Å². The fourth-order valence-electron chi connectivity index (χ4n) is 6.66. The third-order valence-corrected chi connectivity index (χ3v) is 9.38. The molecular weight excluding hydrogens is 556 g/mol. The van der Waals surface area contributed by atoms with Crippen molar-refractivity contribution in [3.63, 3.8) is 0 Å². The first-order valence-corrected chi connectivity index (χ1v) is 16.1. The summed E-state index contributed by atoms with van der Waals surface area (Å²) in [6, 6.07) is 27.4. The average Bonchev–Trinajstić information content (AvgIpc) is 3.06. The van der Waals surface area contributed by atoms with Crippen molar-refractivity contribution in [1.82, 2.24) is 20.4 Å². The molecule has 3 aliphatic heterocycles. The molecule has 0 bridgehead atoms. The fraction of sp³-hybridized carbons (Fsp3) is 0.417. The molecule has 3 aromatic carbocycles. The van der Waals surface area contributed by atoms with Crippen molar-refractivity contribution in [1.29, 1.82) is 0 Å². The van der Waals surface area contributed by atoms with Crippen LogP contribution in [0.25, 0.3) is 0 Å². The molecule has 2 fully saturated rings. The number of hydrogen-bond donors (Lipinski definition) is 2. The molecule has 1 unspecified atom stereocenters. The summed E-state index contributed by atoms with van der Waals surface area (Å²) in [4.78, 5) is 18.7. The predicted octanol–water partition coefficient (Wildman–Crippen LogP) is 5.18. The van der Waals surface area contributed by atoms with Gasteiger partial charge in [0.25, 0.3) is 0 Å². The van der Waals surface area contributed by atoms with E-state index in [1.807, 2.05) is 12.1 Å². The van der Waals surface area contributed by atoms with Gasteiger partial charge in [0, 0.05) is 50.3 Å². The van der Waals surface area contributed by atoms with Gasteiger partial charge in [0.2, 0.25) is 5.91 Å². The number of benzene rings is 3. The first-order valence-electron chi connectivity index (χ1n) is 15.7. The Morgan fingerprint density at radius 3 is 2.37 bits per heavy atom. The normalized spacial score (nSPS) is 21.0. The molecule has 0 radical (unpaired) electrons. The molecule has 6 rings (SSSR count). The summed E-state index contributed by atoms with van der Waals surface area (Å²) in [7, 11) is 0. The number of halogens is 1. The maximum Gasteiger partial charge on any atom is 0.237 e. The largest absolute Gasteiger partial charge is 0.379 e. The second kappa shape index (κ2) is 14.7. The van der Waals surface area contributed by atoms with Crippen molar-refractivity contribution in [2.24, 2.45) is 0 Å². The van der Waals surface area contributed by atoms with Gasteiger partial charge in [-0.3, -0.25) is 14.6 Å². The van der Waals surface area contributed by atoms with E-state index in [4.69, 9.17) is 16.3 Å². The standard InChI is InChI=1S/C36H43ClN4O2/c37-32-12-10-27(11-13-32)22-33(39-36(42)34-24-30-8-4-5-9-31(30)25-38-34)23-28-14-16-41(17-15-28)35(29-6-2-1-3-7-29)26-40-18-20-43-21-19-40/h1-13,23,33-35,38H,14-22,24-26H2,(H,39,42)/t33-,34+,35?/m0/s1. The third kappa shape index (κ3) is 8.14. The maximum absolute atomic E-state index is 13.5. The minimum atomic E-state index is -0.227. The van der Waals surface area contributed by atoms with Crippen LogP contribution in [0, 0.1) is 0 Å². The van der Waals surface area contributed by atoms with Crippen LogP contribution in [0.3, 0.4) is 0 Å². The highest BCUT2D eigenvalue weighted by molar-refractivity contribution is 6.30. The minimum absolute atomic E-state index is 0.0670. The van der Waals surface area contributed by atoms with E-state index in [2.05, 4.69) is 93.2 Å². The summed E-state index contributed by atoms with van der Waals surface area (Å²) in [5.41, 5.74) is 6.51. The van der Waals surface area contributed by atoms with Crippen molar-refractivity contribution >= 4 is 17.5 Å². The Kier molecular flexibility index (Phi) is 10.2. The molecule has 7 heteroatoms. The summed E-state index contributed by atoms with van der Waals surface area (Å²) < 4.78 is 5.61. The Labute approximate surface area is 261 Å². The highest BCUT2D eigenvalue weighted by atomic mass is 35.5. The zero-order valence-electron chi connectivity index (χ0n) is 24.9. The van der Waals surface area contributed by atoms with Gasteiger partial charge in [-0.15, -0.1) is 0 Å². The smallest absolute Gasteiger partial charge is 0.237 e. The number of morpholine rings is 1. The van der Waals surface area contributed by atoms with Gasteiger partial charge in [-0.05, 0) is 60.1 Å². The topological polar surface area (TPSA) is 56.8 Å². The molecule has 1 amide bonds. The van der Waals surface area contributed by atoms with Crippen molar-refractivity contribution in [3.8, 4) is 0 Å². The molecule has 43 heavy (non-hydrogen) atoms. The molecule has 0 aliphatic carbocycles. The quantitative estimate of drug-likeness (QED) is 0.333. The van der Waals surface area contributed by atoms with Gasteiger partial charge in [-0.25, -0.2) is 0 Å². The Morgan fingerprint density at radius 2 is 1.63 bits per heavy atom. The summed E-state index contributed by atoms with van der Waals surface area (Å²) in [5, 5.41) is 7.58. The van der Waals surface area contributed by atoms with Crippen LogP contribution < -0.4 is 10.6 Å². The number of likely N-dealkylation sites (tertiary alicyclic amines) is 1. The monoisotopic (exact) mass is 598 g/mol. The number of amides is 1. The van der Waals surface area contributed by atoms with E-state index in [1.54, 1.807) is 0 Å². The molecule has 226 valence electrons. The van der Waals surface area contributed by atoms with Gasteiger partial charge in [0.1, 0.15) is 0 Å². The number of rotatable bonds is 9. The number of ether oxygens (including phenoxy) is 1. The molecule has 2 saturated heterocycles. The van der Waals surface area contributed by atoms with Crippen LogP contribution in [0.5, 0.6) is 0 Å². The van der Waals surface area contributed by atoms with Gasteiger partial charge in [-0.2, -0.15) is 0 Å². The van der Waals surface area contributed by atoms with Crippen LogP contribution in [0.15, 0.2) is 90.5 Å². The molecule has 3 aromatic rings. The molecule has 0 aromatic heterocycles. The van der Waals surface area contributed by atoms with Gasteiger partial charge in [0.15, 0.2) is 0 Å². The molecule has 0 spiro atoms. The third-order valence-electron chi connectivity index (χ3n) is 9.13. The van der Waals surface area contributed by atoms with E-state index < -0.39 is 0 Å². The van der Waals surface area contributed by atoms with E-state index in [0.29, 0.717) is 12.5 Å². The van der Waals surface area contributed by atoms with Crippen LogP contribution in [-0.2, 0) is 28.9 Å². The maximum atomic E-state index is 13.5. The molecular formula is C36H43ClN4O2. The van der Waals surface area contributed by atoms with E-state index in [0.717, 1.165) is 76.8 Å². The molecule has 6 nitrogen and oxygen atoms in total. The number of fused-ring (bicyclic) bond motifs is 1. The van der Waals surface area contributed by atoms with Gasteiger partial charge in [-0.1, -0.05) is 90.0 Å². The van der Waals surface area contributed by atoms with Gasteiger partial charge < -0.3 is 15.4 Å². The van der Waals surface area contributed by atoms with E-state index in [9.17, 15) is 4.79 Å². The van der Waals surface area contributed by atoms with Crippen molar-refractivity contribution in [3.05, 3.63) is 118 Å². The zero-order chi connectivity index (χ0) is 29.4. The highest BCUT2D eigenvalue weighted by Gasteiger charge is 2.28. The molecule has 3 heterocycles. The van der Waals surface area contributed by atoms with Crippen molar-refractivity contribution < 1.29 is 9.53 Å². The van der Waals surface area contributed by atoms with Gasteiger partial charge in [0.05, 0.1) is 25.3 Å². The number of carbonyl (C=O) groups excluding carboxylic acids is 1. The molecule has 3 atom stereocenters. The van der Waals surface area contributed by atoms with E-state index in [-0.39, 0.29) is 18.0 Å². The number of nitrogens with one attached hydrogen (secondary N) is 2. The van der Waals surface area contributed by atoms with E-state index >= 15 is 0 Å². The summed E-state index contributed by atoms with van der Waals surface area (Å²) >= 11 is 6.17. The summed E-state index contributed by atoms with van der Waals surface area (Å²) in [6.07, 6.45) is 5.80. The Hall–Kier alpha value is -3.00. The van der Waals surface area contributed by atoms with Gasteiger partial charge >= 0.3 is 0 Å². The second-order valence-electron chi connectivity index (χ2n) is 12.1. The number of hydrogen-bond acceptors (Lipinski definition) is 5. The van der Waals surface area contributed by atoms with Crippen molar-refractivity contribution in [2.45, 2.75) is 50.4 Å². The minimum Gasteiger partial charge on any atom is -0.379 e. The van der Waals surface area contributed by atoms with Crippen LogP contribution in [0.1, 0.15) is 41.1 Å². The fourth-order valence-corrected chi connectivity index (χ4v) is 6.78. The lowest BCUT2D eigenvalue weighted by Gasteiger charge is -2.39. The Morgan fingerprint density at radius 1 is 0.930 bits per heavy atom.